The van der Waals surface area contributed by atoms with E-state index in [0.29, 0.717) is 13.0 Å². The lowest BCUT2D eigenvalue weighted by molar-refractivity contribution is -0.148. The quantitative estimate of drug-likeness (QED) is 0.659. The molecule has 0 fully saturated rings. The predicted octanol–water partition coefficient (Wildman–Crippen LogP) is 1.11. The molecule has 0 aromatic carbocycles. The normalized spacial score (nSPS) is 13.9. The Morgan fingerprint density at radius 1 is 1.33 bits per heavy atom. The van der Waals surface area contributed by atoms with Gasteiger partial charge in [0, 0.05) is 6.54 Å². The summed E-state index contributed by atoms with van der Waals surface area (Å²) in [5.74, 6) is -0.619. The van der Waals surface area contributed by atoms with Gasteiger partial charge in [-0.1, -0.05) is 13.8 Å². The number of hydrogen-bond acceptors (Lipinski definition) is 3. The van der Waals surface area contributed by atoms with Gasteiger partial charge in [-0.05, 0) is 25.9 Å². The zero-order valence-electron chi connectivity index (χ0n) is 10.9. The van der Waals surface area contributed by atoms with Gasteiger partial charge in [0.25, 0.3) is 0 Å². The Balaban J connectivity index is 4.45. The molecule has 0 aromatic heterocycles. The number of halogens is 3. The summed E-state index contributed by atoms with van der Waals surface area (Å²) in [6, 6.07) is -0.737. The minimum absolute atomic E-state index is 0.0112. The van der Waals surface area contributed by atoms with Crippen LogP contribution in [0.4, 0.5) is 13.2 Å². The van der Waals surface area contributed by atoms with Crippen molar-refractivity contribution in [2.24, 2.45) is 5.73 Å². The molecule has 1 amide bonds. The number of nitrogens with two attached hydrogens (primary N) is 1. The Morgan fingerprint density at radius 3 is 2.33 bits per heavy atom. The van der Waals surface area contributed by atoms with Crippen molar-refractivity contribution in [3.8, 4) is 0 Å². The summed E-state index contributed by atoms with van der Waals surface area (Å²) < 4.78 is 37.1. The molecular weight excluding hydrogens is 247 g/mol. The molecule has 7 heteroatoms. The van der Waals surface area contributed by atoms with Crippen molar-refractivity contribution in [1.82, 2.24) is 10.2 Å². The third kappa shape index (κ3) is 8.30. The number of primary amides is 1. The van der Waals surface area contributed by atoms with Crippen LogP contribution in [0.15, 0.2) is 0 Å². The van der Waals surface area contributed by atoms with Crippen LogP contribution < -0.4 is 11.1 Å². The highest BCUT2D eigenvalue weighted by molar-refractivity contribution is 5.80. The van der Waals surface area contributed by atoms with Crippen molar-refractivity contribution in [1.29, 1.82) is 0 Å². The number of nitrogens with one attached hydrogen (secondary N) is 1. The summed E-state index contributed by atoms with van der Waals surface area (Å²) in [6.07, 6.45) is -2.88. The molecule has 4 nitrogen and oxygen atoms in total. The van der Waals surface area contributed by atoms with Crippen molar-refractivity contribution in [2.45, 2.75) is 38.9 Å². The molecule has 3 N–H and O–H groups in total. The number of alkyl halides is 3. The van der Waals surface area contributed by atoms with Crippen LogP contribution in [0.25, 0.3) is 0 Å². The minimum Gasteiger partial charge on any atom is -0.368 e. The molecule has 0 aliphatic carbocycles. The van der Waals surface area contributed by atoms with Crippen LogP contribution in [-0.2, 0) is 4.79 Å². The second-order valence-electron chi connectivity index (χ2n) is 4.26. The van der Waals surface area contributed by atoms with E-state index in [2.05, 4.69) is 5.32 Å². The third-order valence-corrected chi connectivity index (χ3v) is 2.37. The average molecular weight is 269 g/mol. The molecule has 1 unspecified atom stereocenters. The first-order valence-corrected chi connectivity index (χ1v) is 6.12. The highest BCUT2D eigenvalue weighted by Crippen LogP contribution is 2.16. The second-order valence-corrected chi connectivity index (χ2v) is 4.26. The van der Waals surface area contributed by atoms with E-state index in [0.717, 1.165) is 6.42 Å². The van der Waals surface area contributed by atoms with E-state index in [-0.39, 0.29) is 13.1 Å². The number of carbonyl (C=O) groups excluding carboxylic acids is 1. The number of rotatable bonds is 9. The summed E-state index contributed by atoms with van der Waals surface area (Å²) >= 11 is 0. The van der Waals surface area contributed by atoms with Crippen LogP contribution in [0.3, 0.4) is 0 Å². The van der Waals surface area contributed by atoms with Crippen LogP contribution in [0.5, 0.6) is 0 Å². The number of carbonyl (C=O) groups is 1. The Labute approximate surface area is 106 Å². The smallest absolute Gasteiger partial charge is 0.368 e. The molecule has 0 saturated carbocycles. The Kier molecular flexibility index (Phi) is 7.93. The van der Waals surface area contributed by atoms with E-state index >= 15 is 0 Å². The van der Waals surface area contributed by atoms with Crippen LogP contribution in [-0.4, -0.2) is 49.2 Å². The maximum absolute atomic E-state index is 12.4. The SMILES string of the molecule is CCCNC(CN(CCC)CC(F)(F)F)C(N)=O. The van der Waals surface area contributed by atoms with Crippen molar-refractivity contribution >= 4 is 5.91 Å². The first-order chi connectivity index (χ1) is 8.30. The van der Waals surface area contributed by atoms with Crippen LogP contribution in [0.1, 0.15) is 26.7 Å². The summed E-state index contributed by atoms with van der Waals surface area (Å²) in [6.45, 7) is 3.52. The molecule has 0 heterocycles. The van der Waals surface area contributed by atoms with Gasteiger partial charge in [-0.2, -0.15) is 13.2 Å². The maximum Gasteiger partial charge on any atom is 0.401 e. The lowest BCUT2D eigenvalue weighted by Crippen LogP contribution is -2.51. The van der Waals surface area contributed by atoms with Gasteiger partial charge >= 0.3 is 6.18 Å². The Hall–Kier alpha value is -0.820. The molecule has 108 valence electrons. The van der Waals surface area contributed by atoms with Crippen molar-refractivity contribution in [2.75, 3.05) is 26.2 Å². The number of hydrogen-bond donors (Lipinski definition) is 2. The Bertz CT molecular complexity index is 246. The van der Waals surface area contributed by atoms with Crippen LogP contribution >= 0.6 is 0 Å². The molecule has 0 spiro atoms. The lowest BCUT2D eigenvalue weighted by Gasteiger charge is -2.27. The maximum atomic E-state index is 12.4. The van der Waals surface area contributed by atoms with E-state index < -0.39 is 24.7 Å². The summed E-state index contributed by atoms with van der Waals surface area (Å²) in [7, 11) is 0. The van der Waals surface area contributed by atoms with E-state index in [1.165, 1.54) is 4.90 Å². The van der Waals surface area contributed by atoms with Crippen LogP contribution in [0, 0.1) is 0 Å². The summed E-state index contributed by atoms with van der Waals surface area (Å²) in [4.78, 5) is 12.4. The first kappa shape index (κ1) is 17.2. The standard InChI is InChI=1S/C11H22F3N3O/c1-3-5-16-9(10(15)18)7-17(6-4-2)8-11(12,13)14/h9,16H,3-8H2,1-2H3,(H2,15,18). The highest BCUT2D eigenvalue weighted by atomic mass is 19.4. The first-order valence-electron chi connectivity index (χ1n) is 6.12. The molecular formula is C11H22F3N3O. The lowest BCUT2D eigenvalue weighted by atomic mass is 10.2. The average Bonchev–Trinajstić information content (AvgIpc) is 2.21. The summed E-state index contributed by atoms with van der Waals surface area (Å²) in [5, 5.41) is 2.86. The molecule has 0 saturated heterocycles. The molecule has 1 atom stereocenters. The fourth-order valence-electron chi connectivity index (χ4n) is 1.64. The highest BCUT2D eigenvalue weighted by Gasteiger charge is 2.31. The fourth-order valence-corrected chi connectivity index (χ4v) is 1.64. The third-order valence-electron chi connectivity index (χ3n) is 2.37. The van der Waals surface area contributed by atoms with E-state index in [9.17, 15) is 18.0 Å². The molecule has 0 aromatic rings. The van der Waals surface area contributed by atoms with Gasteiger partial charge in [0.05, 0.1) is 12.6 Å². The monoisotopic (exact) mass is 269 g/mol. The van der Waals surface area contributed by atoms with Crippen molar-refractivity contribution in [3.63, 3.8) is 0 Å². The number of amides is 1. The zero-order valence-corrected chi connectivity index (χ0v) is 10.9. The Morgan fingerprint density at radius 2 is 1.94 bits per heavy atom. The van der Waals surface area contributed by atoms with E-state index in [1.54, 1.807) is 6.92 Å². The number of nitrogens with zero attached hydrogens (tertiary/aromatic N) is 1. The fraction of sp³-hybridized carbons (Fsp3) is 0.909. The molecule has 0 aliphatic rings. The van der Waals surface area contributed by atoms with Gasteiger partial charge < -0.3 is 11.1 Å². The largest absolute Gasteiger partial charge is 0.401 e. The topological polar surface area (TPSA) is 58.4 Å². The van der Waals surface area contributed by atoms with Gasteiger partial charge in [-0.3, -0.25) is 9.69 Å². The zero-order chi connectivity index (χ0) is 14.2. The van der Waals surface area contributed by atoms with Gasteiger partial charge in [0.2, 0.25) is 5.91 Å². The van der Waals surface area contributed by atoms with Gasteiger partial charge in [-0.25, -0.2) is 0 Å². The van der Waals surface area contributed by atoms with Crippen molar-refractivity contribution < 1.29 is 18.0 Å². The molecule has 18 heavy (non-hydrogen) atoms. The van der Waals surface area contributed by atoms with Gasteiger partial charge in [0.15, 0.2) is 0 Å². The molecule has 0 radical (unpaired) electrons. The molecule has 0 bridgehead atoms. The van der Waals surface area contributed by atoms with Gasteiger partial charge in [0.1, 0.15) is 0 Å². The predicted molar refractivity (Wildman–Crippen MR) is 64.1 cm³/mol. The molecule has 0 rings (SSSR count). The van der Waals surface area contributed by atoms with Crippen LogP contribution in [0.2, 0.25) is 0 Å². The van der Waals surface area contributed by atoms with Gasteiger partial charge in [-0.15, -0.1) is 0 Å². The van der Waals surface area contributed by atoms with Crippen molar-refractivity contribution in [3.05, 3.63) is 0 Å². The molecule has 0 aliphatic heterocycles. The second kappa shape index (κ2) is 8.31. The summed E-state index contributed by atoms with van der Waals surface area (Å²) in [5.41, 5.74) is 5.18. The minimum atomic E-state index is -4.26. The van der Waals surface area contributed by atoms with E-state index in [4.69, 9.17) is 5.73 Å². The van der Waals surface area contributed by atoms with E-state index in [1.807, 2.05) is 6.92 Å².